The van der Waals surface area contributed by atoms with Crippen LogP contribution in [0.2, 0.25) is 0 Å². The van der Waals surface area contributed by atoms with Gasteiger partial charge in [0.15, 0.2) is 0 Å². The Kier molecular flexibility index (Phi) is 4.36. The highest BCUT2D eigenvalue weighted by molar-refractivity contribution is 5.75. The molecule has 2 aliphatic heterocycles. The van der Waals surface area contributed by atoms with Crippen LogP contribution in [0.25, 0.3) is 0 Å². The van der Waals surface area contributed by atoms with Crippen molar-refractivity contribution in [2.75, 3.05) is 45.8 Å². The van der Waals surface area contributed by atoms with Gasteiger partial charge in [0.1, 0.15) is 0 Å². The summed E-state index contributed by atoms with van der Waals surface area (Å²) in [5, 5.41) is 4.94. The Morgan fingerprint density at radius 3 is 2.12 bits per heavy atom. The molecule has 2 N–H and O–H groups in total. The van der Waals surface area contributed by atoms with Gasteiger partial charge in [0.05, 0.1) is 6.54 Å². The molecule has 0 aromatic carbocycles. The number of hydrogen-bond donors (Lipinski definition) is 1. The Labute approximate surface area is 103 Å². The molecule has 17 heavy (non-hydrogen) atoms. The molecule has 0 aromatic rings. The van der Waals surface area contributed by atoms with Crippen molar-refractivity contribution in [2.24, 2.45) is 11.7 Å². The summed E-state index contributed by atoms with van der Waals surface area (Å²) in [6, 6.07) is 0. The summed E-state index contributed by atoms with van der Waals surface area (Å²) >= 11 is 0. The van der Waals surface area contributed by atoms with Crippen molar-refractivity contribution >= 4 is 5.91 Å². The minimum absolute atomic E-state index is 0.217. The van der Waals surface area contributed by atoms with Crippen LogP contribution < -0.4 is 5.73 Å². The molecule has 0 unspecified atom stereocenters. The van der Waals surface area contributed by atoms with Gasteiger partial charge in [-0.2, -0.15) is 0 Å². The number of nitrogens with zero attached hydrogens (tertiary/aromatic N) is 3. The molecule has 2 rings (SSSR count). The second-order valence-electron chi connectivity index (χ2n) is 5.33. The lowest BCUT2D eigenvalue weighted by Gasteiger charge is -2.43. The maximum Gasteiger partial charge on any atom is 0.231 e. The fourth-order valence-electron chi connectivity index (χ4n) is 2.68. The second kappa shape index (κ2) is 5.80. The fourth-order valence-corrected chi connectivity index (χ4v) is 2.68. The Bertz CT molecular complexity index is 255. The molecule has 0 atom stereocenters. The van der Waals surface area contributed by atoms with E-state index in [0.717, 1.165) is 32.1 Å². The quantitative estimate of drug-likeness (QED) is 0.738. The number of hydrazine groups is 1. The van der Waals surface area contributed by atoms with E-state index in [1.165, 1.54) is 25.9 Å². The van der Waals surface area contributed by atoms with Crippen LogP contribution in [0.1, 0.15) is 19.8 Å². The average Bonchev–Trinajstić information content (AvgIpc) is 2.30. The molecule has 0 radical (unpaired) electrons. The average molecular weight is 240 g/mol. The van der Waals surface area contributed by atoms with Crippen LogP contribution >= 0.6 is 0 Å². The molecule has 0 aromatic heterocycles. The van der Waals surface area contributed by atoms with Crippen molar-refractivity contribution in [1.29, 1.82) is 0 Å². The number of nitrogens with two attached hydrogens (primary N) is 1. The van der Waals surface area contributed by atoms with Gasteiger partial charge in [-0.1, -0.05) is 6.92 Å². The Morgan fingerprint density at radius 1 is 1.06 bits per heavy atom. The Morgan fingerprint density at radius 2 is 1.59 bits per heavy atom. The minimum atomic E-state index is -0.217. The first-order chi connectivity index (χ1) is 8.15. The van der Waals surface area contributed by atoms with Crippen molar-refractivity contribution in [3.63, 3.8) is 0 Å². The fraction of sp³-hybridized carbons (Fsp3) is 0.917. The molecule has 0 spiro atoms. The number of piperidine rings is 1. The van der Waals surface area contributed by atoms with Gasteiger partial charge in [0.25, 0.3) is 0 Å². The van der Waals surface area contributed by atoms with E-state index in [9.17, 15) is 4.79 Å². The summed E-state index contributed by atoms with van der Waals surface area (Å²) in [7, 11) is 0. The summed E-state index contributed by atoms with van der Waals surface area (Å²) < 4.78 is 0. The molecule has 2 saturated heterocycles. The molecule has 2 aliphatic rings. The lowest BCUT2D eigenvalue weighted by molar-refractivity contribution is -0.121. The number of hydrogen-bond acceptors (Lipinski definition) is 4. The lowest BCUT2D eigenvalue weighted by atomic mass is 10.0. The molecule has 98 valence electrons. The van der Waals surface area contributed by atoms with Gasteiger partial charge in [0.2, 0.25) is 5.91 Å². The number of piperazine rings is 1. The highest BCUT2D eigenvalue weighted by Gasteiger charge is 2.25. The van der Waals surface area contributed by atoms with E-state index in [2.05, 4.69) is 21.8 Å². The van der Waals surface area contributed by atoms with Crippen LogP contribution in [0.15, 0.2) is 0 Å². The molecule has 2 fully saturated rings. The summed E-state index contributed by atoms with van der Waals surface area (Å²) in [5.74, 6) is 0.660. The SMILES string of the molecule is CC1CCN(N2CCN(CC(N)=O)CC2)CC1. The maximum atomic E-state index is 10.8. The van der Waals surface area contributed by atoms with Gasteiger partial charge < -0.3 is 5.73 Å². The van der Waals surface area contributed by atoms with Gasteiger partial charge in [-0.05, 0) is 18.8 Å². The minimum Gasteiger partial charge on any atom is -0.369 e. The Balaban J connectivity index is 1.73. The topological polar surface area (TPSA) is 52.8 Å². The van der Waals surface area contributed by atoms with Gasteiger partial charge in [-0.3, -0.25) is 9.69 Å². The molecular formula is C12H24N4O. The number of carbonyl (C=O) groups excluding carboxylic acids is 1. The molecule has 5 heteroatoms. The number of primary amides is 1. The van der Waals surface area contributed by atoms with Crippen molar-refractivity contribution in [2.45, 2.75) is 19.8 Å². The number of carbonyl (C=O) groups is 1. The van der Waals surface area contributed by atoms with Crippen molar-refractivity contribution in [3.05, 3.63) is 0 Å². The van der Waals surface area contributed by atoms with Gasteiger partial charge in [-0.15, -0.1) is 0 Å². The summed E-state index contributed by atoms with van der Waals surface area (Å²) in [4.78, 5) is 13.0. The van der Waals surface area contributed by atoms with E-state index in [1.807, 2.05) is 0 Å². The maximum absolute atomic E-state index is 10.8. The van der Waals surface area contributed by atoms with Crippen molar-refractivity contribution < 1.29 is 4.79 Å². The second-order valence-corrected chi connectivity index (χ2v) is 5.33. The molecular weight excluding hydrogens is 216 g/mol. The first kappa shape index (κ1) is 12.8. The normalized spacial score (nSPS) is 26.2. The monoisotopic (exact) mass is 240 g/mol. The summed E-state index contributed by atoms with van der Waals surface area (Å²) in [6.07, 6.45) is 2.61. The zero-order valence-electron chi connectivity index (χ0n) is 10.8. The molecule has 0 aliphatic carbocycles. The van der Waals surface area contributed by atoms with E-state index in [0.29, 0.717) is 6.54 Å². The van der Waals surface area contributed by atoms with E-state index in [4.69, 9.17) is 5.73 Å². The van der Waals surface area contributed by atoms with Crippen molar-refractivity contribution in [3.8, 4) is 0 Å². The Hall–Kier alpha value is -0.650. The van der Waals surface area contributed by atoms with Crippen LogP contribution in [0.3, 0.4) is 0 Å². The predicted molar refractivity (Wildman–Crippen MR) is 67.2 cm³/mol. The van der Waals surface area contributed by atoms with Crippen LogP contribution in [0, 0.1) is 5.92 Å². The van der Waals surface area contributed by atoms with Gasteiger partial charge >= 0.3 is 0 Å². The molecule has 1 amide bonds. The van der Waals surface area contributed by atoms with E-state index >= 15 is 0 Å². The third-order valence-corrected chi connectivity index (χ3v) is 3.89. The molecule has 0 saturated carbocycles. The van der Waals surface area contributed by atoms with E-state index < -0.39 is 0 Å². The van der Waals surface area contributed by atoms with Gasteiger partial charge in [-0.25, -0.2) is 10.0 Å². The zero-order chi connectivity index (χ0) is 12.3. The smallest absolute Gasteiger partial charge is 0.231 e. The predicted octanol–water partition coefficient (Wildman–Crippen LogP) is -0.264. The van der Waals surface area contributed by atoms with Crippen LogP contribution in [-0.2, 0) is 4.79 Å². The third-order valence-electron chi connectivity index (χ3n) is 3.89. The highest BCUT2D eigenvalue weighted by Crippen LogP contribution is 2.18. The van der Waals surface area contributed by atoms with E-state index in [1.54, 1.807) is 0 Å². The van der Waals surface area contributed by atoms with Crippen LogP contribution in [0.4, 0.5) is 0 Å². The summed E-state index contributed by atoms with van der Waals surface area (Å²) in [5.41, 5.74) is 5.21. The van der Waals surface area contributed by atoms with Crippen LogP contribution in [-0.4, -0.2) is 66.6 Å². The number of amides is 1. The lowest BCUT2D eigenvalue weighted by Crippen LogP contribution is -2.56. The first-order valence-corrected chi connectivity index (χ1v) is 6.65. The molecule has 0 bridgehead atoms. The van der Waals surface area contributed by atoms with Crippen LogP contribution in [0.5, 0.6) is 0 Å². The standard InChI is InChI=1S/C12H24N4O/c1-11-2-4-15(5-3-11)16-8-6-14(7-9-16)10-12(13)17/h11H,2-10H2,1H3,(H2,13,17). The zero-order valence-corrected chi connectivity index (χ0v) is 10.8. The van der Waals surface area contributed by atoms with Crippen molar-refractivity contribution in [1.82, 2.24) is 14.9 Å². The molecule has 5 nitrogen and oxygen atoms in total. The first-order valence-electron chi connectivity index (χ1n) is 6.65. The highest BCUT2D eigenvalue weighted by atomic mass is 16.1. The third kappa shape index (κ3) is 3.66. The summed E-state index contributed by atoms with van der Waals surface area (Å²) in [6.45, 7) is 9.09. The van der Waals surface area contributed by atoms with Gasteiger partial charge in [0, 0.05) is 39.3 Å². The largest absolute Gasteiger partial charge is 0.369 e. The number of rotatable bonds is 3. The van der Waals surface area contributed by atoms with E-state index in [-0.39, 0.29) is 5.91 Å². The molecule has 2 heterocycles.